The number of aromatic amines is 1. The molecule has 1 N–H and O–H groups in total. The fourth-order valence-electron chi connectivity index (χ4n) is 3.34. The molecule has 0 radical (unpaired) electrons. The first kappa shape index (κ1) is 11.7. The van der Waals surface area contributed by atoms with Gasteiger partial charge < -0.3 is 4.98 Å². The molecule has 0 atom stereocenters. The highest BCUT2D eigenvalue weighted by molar-refractivity contribution is 5.82. The van der Waals surface area contributed by atoms with E-state index >= 15 is 0 Å². The number of rotatable bonds is 2. The first-order valence-corrected chi connectivity index (χ1v) is 7.31. The van der Waals surface area contributed by atoms with Crippen LogP contribution in [0, 0.1) is 6.92 Å². The van der Waals surface area contributed by atoms with E-state index in [4.69, 9.17) is 0 Å². The Kier molecular flexibility index (Phi) is 2.62. The molecule has 2 aromatic heterocycles. The number of nitrogens with zero attached hydrogens (tertiary/aromatic N) is 3. The molecule has 0 amide bonds. The van der Waals surface area contributed by atoms with Crippen LogP contribution in [-0.2, 0) is 0 Å². The Morgan fingerprint density at radius 3 is 2.90 bits per heavy atom. The van der Waals surface area contributed by atoms with Gasteiger partial charge in [0.1, 0.15) is 0 Å². The second-order valence-corrected chi connectivity index (χ2v) is 5.78. The standard InChI is InChI=1S/C16H18N4/c1-11-8-13-9-14(6-7-15(13)18-11)20-16(10-17-19-20)12-4-2-3-5-12/h6-10,12,18H,2-5H2,1H3. The van der Waals surface area contributed by atoms with Gasteiger partial charge in [0, 0.05) is 22.5 Å². The summed E-state index contributed by atoms with van der Waals surface area (Å²) in [6, 6.07) is 8.60. The SMILES string of the molecule is Cc1cc2cc(-n3nncc3C3CCCC3)ccc2[nH]1. The summed E-state index contributed by atoms with van der Waals surface area (Å²) in [6.07, 6.45) is 7.11. The molecule has 4 rings (SSSR count). The lowest BCUT2D eigenvalue weighted by Gasteiger charge is -2.11. The van der Waals surface area contributed by atoms with Crippen molar-refractivity contribution < 1.29 is 0 Å². The summed E-state index contributed by atoms with van der Waals surface area (Å²) in [5.41, 5.74) is 4.73. The minimum absolute atomic E-state index is 0.619. The van der Waals surface area contributed by atoms with Crippen LogP contribution >= 0.6 is 0 Å². The number of hydrogen-bond donors (Lipinski definition) is 1. The lowest BCUT2D eigenvalue weighted by Crippen LogP contribution is -2.05. The second-order valence-electron chi connectivity index (χ2n) is 5.78. The van der Waals surface area contributed by atoms with Gasteiger partial charge in [0.25, 0.3) is 0 Å². The van der Waals surface area contributed by atoms with Crippen LogP contribution in [0.1, 0.15) is 43.0 Å². The van der Waals surface area contributed by atoms with Crippen molar-refractivity contribution >= 4 is 10.9 Å². The van der Waals surface area contributed by atoms with Crippen LogP contribution in [0.3, 0.4) is 0 Å². The molecule has 20 heavy (non-hydrogen) atoms. The Bertz CT molecular complexity index is 747. The molecule has 4 nitrogen and oxygen atoms in total. The van der Waals surface area contributed by atoms with Gasteiger partial charge in [-0.05, 0) is 44.0 Å². The van der Waals surface area contributed by atoms with Crippen LogP contribution in [0.2, 0.25) is 0 Å². The lowest BCUT2D eigenvalue weighted by molar-refractivity contribution is 0.650. The summed E-state index contributed by atoms with van der Waals surface area (Å²) in [6.45, 7) is 2.08. The molecule has 102 valence electrons. The molecule has 1 aromatic carbocycles. The summed E-state index contributed by atoms with van der Waals surface area (Å²) >= 11 is 0. The van der Waals surface area contributed by atoms with E-state index < -0.39 is 0 Å². The maximum Gasteiger partial charge on any atom is 0.0732 e. The number of fused-ring (bicyclic) bond motifs is 1. The lowest BCUT2D eigenvalue weighted by atomic mass is 10.0. The van der Waals surface area contributed by atoms with Gasteiger partial charge in [-0.15, -0.1) is 5.10 Å². The van der Waals surface area contributed by atoms with Gasteiger partial charge in [-0.1, -0.05) is 18.1 Å². The van der Waals surface area contributed by atoms with Crippen molar-refractivity contribution in [2.45, 2.75) is 38.5 Å². The number of aromatic nitrogens is 4. The van der Waals surface area contributed by atoms with Crippen LogP contribution in [-0.4, -0.2) is 20.0 Å². The molecular formula is C16H18N4. The Hall–Kier alpha value is -2.10. The van der Waals surface area contributed by atoms with Crippen LogP contribution < -0.4 is 0 Å². The molecule has 1 saturated carbocycles. The maximum atomic E-state index is 4.30. The first-order valence-electron chi connectivity index (χ1n) is 7.31. The molecule has 0 aliphatic heterocycles. The minimum atomic E-state index is 0.619. The van der Waals surface area contributed by atoms with Crippen LogP contribution in [0.5, 0.6) is 0 Å². The van der Waals surface area contributed by atoms with Gasteiger partial charge >= 0.3 is 0 Å². The summed E-state index contributed by atoms with van der Waals surface area (Å²) in [7, 11) is 0. The van der Waals surface area contributed by atoms with Crippen molar-refractivity contribution in [2.24, 2.45) is 0 Å². The van der Waals surface area contributed by atoms with Crippen molar-refractivity contribution in [3.8, 4) is 5.69 Å². The van der Waals surface area contributed by atoms with E-state index in [1.165, 1.54) is 48.0 Å². The van der Waals surface area contributed by atoms with Gasteiger partial charge in [0.15, 0.2) is 0 Å². The predicted octanol–water partition coefficient (Wildman–Crippen LogP) is 3.71. The van der Waals surface area contributed by atoms with E-state index in [9.17, 15) is 0 Å². The van der Waals surface area contributed by atoms with Crippen molar-refractivity contribution in [1.29, 1.82) is 0 Å². The second kappa shape index (κ2) is 4.47. The quantitative estimate of drug-likeness (QED) is 0.768. The summed E-state index contributed by atoms with van der Waals surface area (Å²) in [5.74, 6) is 0.619. The third-order valence-electron chi connectivity index (χ3n) is 4.33. The zero-order chi connectivity index (χ0) is 13.5. The molecule has 0 spiro atoms. The molecule has 0 bridgehead atoms. The van der Waals surface area contributed by atoms with Gasteiger partial charge in [-0.25, -0.2) is 4.68 Å². The van der Waals surface area contributed by atoms with E-state index in [1.807, 2.05) is 10.9 Å². The maximum absolute atomic E-state index is 4.30. The first-order chi connectivity index (χ1) is 9.81. The van der Waals surface area contributed by atoms with Gasteiger partial charge in [-0.2, -0.15) is 0 Å². The zero-order valence-electron chi connectivity index (χ0n) is 11.6. The van der Waals surface area contributed by atoms with E-state index in [-0.39, 0.29) is 0 Å². The fourth-order valence-corrected chi connectivity index (χ4v) is 3.34. The molecule has 2 heterocycles. The number of aryl methyl sites for hydroxylation is 1. The number of H-pyrrole nitrogens is 1. The summed E-state index contributed by atoms with van der Waals surface area (Å²) in [5, 5.41) is 9.66. The predicted molar refractivity (Wildman–Crippen MR) is 79.2 cm³/mol. The van der Waals surface area contributed by atoms with Crippen molar-refractivity contribution in [3.05, 3.63) is 41.9 Å². The Labute approximate surface area is 117 Å². The monoisotopic (exact) mass is 266 g/mol. The molecule has 1 aliphatic carbocycles. The van der Waals surface area contributed by atoms with Gasteiger partial charge in [0.05, 0.1) is 17.6 Å². The molecule has 4 heteroatoms. The fraction of sp³-hybridized carbons (Fsp3) is 0.375. The third-order valence-corrected chi connectivity index (χ3v) is 4.33. The zero-order valence-corrected chi connectivity index (χ0v) is 11.6. The van der Waals surface area contributed by atoms with E-state index in [0.717, 1.165) is 5.69 Å². The van der Waals surface area contributed by atoms with Gasteiger partial charge in [0.2, 0.25) is 0 Å². The van der Waals surface area contributed by atoms with Crippen molar-refractivity contribution in [3.63, 3.8) is 0 Å². The molecule has 0 unspecified atom stereocenters. The van der Waals surface area contributed by atoms with Crippen LogP contribution in [0.15, 0.2) is 30.5 Å². The largest absolute Gasteiger partial charge is 0.359 e. The smallest absolute Gasteiger partial charge is 0.0732 e. The molecule has 1 aliphatic rings. The minimum Gasteiger partial charge on any atom is -0.359 e. The third kappa shape index (κ3) is 1.83. The van der Waals surface area contributed by atoms with Crippen molar-refractivity contribution in [2.75, 3.05) is 0 Å². The Morgan fingerprint density at radius 1 is 1.20 bits per heavy atom. The average molecular weight is 266 g/mol. The highest BCUT2D eigenvalue weighted by Gasteiger charge is 2.22. The molecule has 3 aromatic rings. The van der Waals surface area contributed by atoms with Crippen LogP contribution in [0.25, 0.3) is 16.6 Å². The highest BCUT2D eigenvalue weighted by Crippen LogP contribution is 2.34. The number of hydrogen-bond acceptors (Lipinski definition) is 2. The van der Waals surface area contributed by atoms with E-state index in [1.54, 1.807) is 0 Å². The van der Waals surface area contributed by atoms with E-state index in [2.05, 4.69) is 46.5 Å². The molecular weight excluding hydrogens is 248 g/mol. The van der Waals surface area contributed by atoms with Crippen molar-refractivity contribution in [1.82, 2.24) is 20.0 Å². The Balaban J connectivity index is 1.80. The molecule has 1 fully saturated rings. The Morgan fingerprint density at radius 2 is 2.05 bits per heavy atom. The average Bonchev–Trinajstić information content (AvgIpc) is 3.16. The van der Waals surface area contributed by atoms with E-state index in [0.29, 0.717) is 5.92 Å². The molecule has 0 saturated heterocycles. The van der Waals surface area contributed by atoms with Gasteiger partial charge in [-0.3, -0.25) is 0 Å². The van der Waals surface area contributed by atoms with Crippen LogP contribution in [0.4, 0.5) is 0 Å². The number of benzene rings is 1. The normalized spacial score (nSPS) is 16.2. The highest BCUT2D eigenvalue weighted by atomic mass is 15.4. The summed E-state index contributed by atoms with van der Waals surface area (Å²) < 4.78 is 2.01. The topological polar surface area (TPSA) is 46.5 Å². The number of nitrogens with one attached hydrogen (secondary N) is 1. The summed E-state index contributed by atoms with van der Waals surface area (Å²) in [4.78, 5) is 3.36.